The van der Waals surface area contributed by atoms with Crippen LogP contribution >= 0.6 is 20.9 Å². The minimum absolute atomic E-state index is 0.176. The van der Waals surface area contributed by atoms with Crippen molar-refractivity contribution in [1.82, 2.24) is 0 Å². The molecule has 0 aliphatic carbocycles. The van der Waals surface area contributed by atoms with Gasteiger partial charge in [-0.3, -0.25) is 0 Å². The third-order valence-electron chi connectivity index (χ3n) is 5.69. The van der Waals surface area contributed by atoms with Gasteiger partial charge in [-0.25, -0.2) is 0 Å². The van der Waals surface area contributed by atoms with E-state index in [1.54, 1.807) is 0 Å². The second-order valence-corrected chi connectivity index (χ2v) is 16.8. The van der Waals surface area contributed by atoms with Gasteiger partial charge in [-0.2, -0.15) is 0 Å². The summed E-state index contributed by atoms with van der Waals surface area (Å²) in [6.45, 7) is 6.91. The molecule has 158 valence electrons. The van der Waals surface area contributed by atoms with E-state index < -0.39 is 5.46 Å². The summed E-state index contributed by atoms with van der Waals surface area (Å²) in [4.78, 5) is 0. The zero-order valence-electron chi connectivity index (χ0n) is 18.3. The summed E-state index contributed by atoms with van der Waals surface area (Å²) in [6.07, 6.45) is 0. The number of nitrogens with zero attached hydrogens (tertiary/aromatic N) is 1. The predicted octanol–water partition coefficient (Wildman–Crippen LogP) is 7.05. The summed E-state index contributed by atoms with van der Waals surface area (Å²) in [7, 11) is 0. The quantitative estimate of drug-likeness (QED) is 0.271. The Balaban J connectivity index is 2.26. The van der Waals surface area contributed by atoms with Gasteiger partial charge in [0.25, 0.3) is 0 Å². The van der Waals surface area contributed by atoms with Gasteiger partial charge in [0, 0.05) is 0 Å². The van der Waals surface area contributed by atoms with Gasteiger partial charge >= 0.3 is 195 Å². The molecule has 0 aliphatic rings. The van der Waals surface area contributed by atoms with Crippen LogP contribution < -0.4 is 20.6 Å². The first-order chi connectivity index (χ1) is 14.9. The van der Waals surface area contributed by atoms with Crippen LogP contribution in [0.2, 0.25) is 0 Å². The number of anilines is 1. The van der Waals surface area contributed by atoms with E-state index in [0.29, 0.717) is 0 Å². The standard InChI is InChI=1S/C28H29BrNP/c1-28(2,3)30(24-16-8-4-9-17-24)31(29,25-18-10-5-11-19-25,26-20-12-6-13-21-26)27-22-14-7-15-23-27/h4-23H,1-3H3. The fourth-order valence-corrected chi connectivity index (χ4v) is 14.2. The summed E-state index contributed by atoms with van der Waals surface area (Å²) in [5.41, 5.74) is -2.29. The Bertz CT molecular complexity index is 1020. The number of halogens is 1. The Morgan fingerprint density at radius 3 is 1.10 bits per heavy atom. The molecule has 0 aromatic heterocycles. The molecular weight excluding hydrogens is 461 g/mol. The average molecular weight is 490 g/mol. The molecule has 31 heavy (non-hydrogen) atoms. The molecule has 0 bridgehead atoms. The first-order valence-electron chi connectivity index (χ1n) is 10.6. The molecule has 0 fully saturated rings. The molecule has 4 rings (SSSR count). The van der Waals surface area contributed by atoms with Crippen molar-refractivity contribution in [3.8, 4) is 0 Å². The van der Waals surface area contributed by atoms with Gasteiger partial charge in [-0.05, 0) is 0 Å². The molecular formula is C28H29BrNP. The van der Waals surface area contributed by atoms with Crippen molar-refractivity contribution in [3.05, 3.63) is 121 Å². The first-order valence-corrected chi connectivity index (χ1v) is 14.8. The molecule has 0 amide bonds. The second kappa shape index (κ2) is 8.26. The Hall–Kier alpha value is -2.41. The number of rotatable bonds is 5. The monoisotopic (exact) mass is 489 g/mol. The molecule has 4 aromatic rings. The number of hydrogen-bond acceptors (Lipinski definition) is 1. The molecule has 0 heterocycles. The van der Waals surface area contributed by atoms with Crippen molar-refractivity contribution in [3.63, 3.8) is 0 Å². The van der Waals surface area contributed by atoms with E-state index in [1.807, 2.05) is 0 Å². The maximum atomic E-state index is 4.61. The molecule has 0 spiro atoms. The summed E-state index contributed by atoms with van der Waals surface area (Å²) in [5.74, 6) is 0. The van der Waals surface area contributed by atoms with Crippen molar-refractivity contribution >= 4 is 42.5 Å². The second-order valence-electron chi connectivity index (χ2n) is 8.79. The van der Waals surface area contributed by atoms with Crippen LogP contribution in [-0.4, -0.2) is 5.54 Å². The molecule has 0 unspecified atom stereocenters. The van der Waals surface area contributed by atoms with E-state index in [4.69, 9.17) is 0 Å². The molecule has 0 atom stereocenters. The van der Waals surface area contributed by atoms with E-state index >= 15 is 0 Å². The zero-order chi connectivity index (χ0) is 22.0. The van der Waals surface area contributed by atoms with E-state index in [9.17, 15) is 0 Å². The van der Waals surface area contributed by atoms with E-state index in [2.05, 4.69) is 162 Å². The van der Waals surface area contributed by atoms with Crippen LogP contribution in [0.4, 0.5) is 5.69 Å². The molecule has 1 nitrogen and oxygen atoms in total. The molecule has 0 aliphatic heterocycles. The Labute approximate surface area is 194 Å². The van der Waals surface area contributed by atoms with Gasteiger partial charge < -0.3 is 0 Å². The molecule has 0 N–H and O–H groups in total. The van der Waals surface area contributed by atoms with Crippen LogP contribution in [-0.2, 0) is 0 Å². The van der Waals surface area contributed by atoms with Gasteiger partial charge in [-0.1, -0.05) is 0 Å². The third kappa shape index (κ3) is 3.53. The summed E-state index contributed by atoms with van der Waals surface area (Å²) in [6, 6.07) is 43.6. The first kappa shape index (κ1) is 21.8. The summed E-state index contributed by atoms with van der Waals surface area (Å²) >= 11 is 4.61. The van der Waals surface area contributed by atoms with Gasteiger partial charge in [0.1, 0.15) is 0 Å². The van der Waals surface area contributed by atoms with Crippen LogP contribution in [0, 0.1) is 0 Å². The summed E-state index contributed by atoms with van der Waals surface area (Å²) < 4.78 is 2.64. The van der Waals surface area contributed by atoms with Crippen molar-refractivity contribution < 1.29 is 0 Å². The van der Waals surface area contributed by atoms with Crippen LogP contribution in [0.5, 0.6) is 0 Å². The maximum absolute atomic E-state index is 4.61. The Morgan fingerprint density at radius 2 is 0.806 bits per heavy atom. The van der Waals surface area contributed by atoms with Crippen LogP contribution in [0.25, 0.3) is 0 Å². The number of benzene rings is 4. The SMILES string of the molecule is CC(C)(C)N(c1ccccc1)P(Br)(c1ccccc1)(c1ccccc1)c1ccccc1. The van der Waals surface area contributed by atoms with Gasteiger partial charge in [0.2, 0.25) is 0 Å². The fraction of sp³-hybridized carbons (Fsp3) is 0.143. The van der Waals surface area contributed by atoms with Gasteiger partial charge in [0.15, 0.2) is 0 Å². The molecule has 4 aromatic carbocycles. The fourth-order valence-electron chi connectivity index (χ4n) is 4.63. The van der Waals surface area contributed by atoms with E-state index in [-0.39, 0.29) is 5.54 Å². The van der Waals surface area contributed by atoms with Crippen molar-refractivity contribution in [2.24, 2.45) is 0 Å². The van der Waals surface area contributed by atoms with Crippen LogP contribution in [0.15, 0.2) is 121 Å². The van der Waals surface area contributed by atoms with Gasteiger partial charge in [0.05, 0.1) is 0 Å². The molecule has 3 heteroatoms. The number of hydrogen-bond donors (Lipinski definition) is 0. The van der Waals surface area contributed by atoms with Crippen LogP contribution in [0.3, 0.4) is 0 Å². The van der Waals surface area contributed by atoms with Crippen LogP contribution in [0.1, 0.15) is 20.8 Å². The normalized spacial score (nSPS) is 13.2. The number of para-hydroxylation sites is 1. The Morgan fingerprint density at radius 1 is 0.516 bits per heavy atom. The average Bonchev–Trinajstić information content (AvgIpc) is 2.81. The molecule has 0 radical (unpaired) electrons. The topological polar surface area (TPSA) is 3.24 Å². The van der Waals surface area contributed by atoms with E-state index in [0.717, 1.165) is 0 Å². The van der Waals surface area contributed by atoms with Crippen molar-refractivity contribution in [2.45, 2.75) is 26.3 Å². The Kier molecular flexibility index (Phi) is 5.81. The summed E-state index contributed by atoms with van der Waals surface area (Å²) in [5, 5.41) is 3.85. The predicted molar refractivity (Wildman–Crippen MR) is 143 cm³/mol. The molecule has 0 saturated carbocycles. The van der Waals surface area contributed by atoms with Gasteiger partial charge in [-0.15, -0.1) is 0 Å². The van der Waals surface area contributed by atoms with E-state index in [1.165, 1.54) is 21.6 Å². The minimum atomic E-state index is -3.31. The van der Waals surface area contributed by atoms with Crippen molar-refractivity contribution in [1.29, 1.82) is 0 Å². The third-order valence-corrected chi connectivity index (χ3v) is 15.6. The zero-order valence-corrected chi connectivity index (χ0v) is 20.8. The van der Waals surface area contributed by atoms with Crippen molar-refractivity contribution in [2.75, 3.05) is 4.67 Å². The molecule has 0 saturated heterocycles.